The SMILES string of the molecule is CC1CCN(C(C)C=O)CCC1N. The number of hydrogen-bond acceptors (Lipinski definition) is 3. The first-order chi connectivity index (χ1) is 6.15. The van der Waals surface area contributed by atoms with E-state index in [1.807, 2.05) is 6.92 Å². The van der Waals surface area contributed by atoms with Gasteiger partial charge in [0.05, 0.1) is 6.04 Å². The molecule has 3 atom stereocenters. The van der Waals surface area contributed by atoms with Crippen molar-refractivity contribution in [3.63, 3.8) is 0 Å². The van der Waals surface area contributed by atoms with Crippen LogP contribution in [0.4, 0.5) is 0 Å². The molecule has 1 saturated heterocycles. The summed E-state index contributed by atoms with van der Waals surface area (Å²) in [6, 6.07) is 0.362. The van der Waals surface area contributed by atoms with Gasteiger partial charge in [-0.15, -0.1) is 0 Å². The van der Waals surface area contributed by atoms with Gasteiger partial charge in [-0.1, -0.05) is 6.92 Å². The molecular weight excluding hydrogens is 164 g/mol. The third-order valence-corrected chi connectivity index (χ3v) is 3.13. The predicted molar refractivity (Wildman–Crippen MR) is 53.5 cm³/mol. The van der Waals surface area contributed by atoms with E-state index in [0.717, 1.165) is 32.2 Å². The molecule has 1 aliphatic rings. The Kier molecular flexibility index (Phi) is 3.88. The molecule has 0 radical (unpaired) electrons. The van der Waals surface area contributed by atoms with Crippen LogP contribution in [0.3, 0.4) is 0 Å². The largest absolute Gasteiger partial charge is 0.327 e. The lowest BCUT2D eigenvalue weighted by Gasteiger charge is -2.22. The molecule has 1 aliphatic heterocycles. The van der Waals surface area contributed by atoms with Crippen molar-refractivity contribution in [2.45, 2.75) is 38.8 Å². The van der Waals surface area contributed by atoms with E-state index < -0.39 is 0 Å². The van der Waals surface area contributed by atoms with Crippen LogP contribution in [-0.2, 0) is 4.79 Å². The van der Waals surface area contributed by atoms with E-state index in [4.69, 9.17) is 5.73 Å². The Hall–Kier alpha value is -0.410. The van der Waals surface area contributed by atoms with Crippen LogP contribution < -0.4 is 5.73 Å². The number of nitrogens with zero attached hydrogens (tertiary/aromatic N) is 1. The summed E-state index contributed by atoms with van der Waals surface area (Å²) in [5.41, 5.74) is 5.97. The van der Waals surface area contributed by atoms with Crippen LogP contribution in [-0.4, -0.2) is 36.4 Å². The third kappa shape index (κ3) is 2.78. The van der Waals surface area contributed by atoms with Gasteiger partial charge in [0.1, 0.15) is 6.29 Å². The van der Waals surface area contributed by atoms with Gasteiger partial charge >= 0.3 is 0 Å². The van der Waals surface area contributed by atoms with Crippen molar-refractivity contribution in [3.8, 4) is 0 Å². The van der Waals surface area contributed by atoms with Gasteiger partial charge in [0, 0.05) is 12.6 Å². The van der Waals surface area contributed by atoms with Crippen molar-refractivity contribution < 1.29 is 4.79 Å². The van der Waals surface area contributed by atoms with Crippen LogP contribution in [0, 0.1) is 5.92 Å². The van der Waals surface area contributed by atoms with E-state index in [2.05, 4.69) is 11.8 Å². The second-order valence-corrected chi connectivity index (χ2v) is 4.13. The average Bonchev–Trinajstić information content (AvgIpc) is 2.30. The van der Waals surface area contributed by atoms with Crippen LogP contribution in [0.15, 0.2) is 0 Å². The molecule has 3 heteroatoms. The Balaban J connectivity index is 2.48. The number of nitrogens with two attached hydrogens (primary N) is 1. The zero-order chi connectivity index (χ0) is 9.84. The maximum Gasteiger partial charge on any atom is 0.136 e. The average molecular weight is 184 g/mol. The number of aldehydes is 1. The Morgan fingerprint density at radius 2 is 2.08 bits per heavy atom. The van der Waals surface area contributed by atoms with Crippen molar-refractivity contribution in [1.29, 1.82) is 0 Å². The normalized spacial score (nSPS) is 33.8. The smallest absolute Gasteiger partial charge is 0.136 e. The summed E-state index contributed by atoms with van der Waals surface area (Å²) >= 11 is 0. The molecule has 1 fully saturated rings. The highest BCUT2D eigenvalue weighted by Crippen LogP contribution is 2.16. The molecule has 0 spiro atoms. The van der Waals surface area contributed by atoms with E-state index in [1.165, 1.54) is 0 Å². The summed E-state index contributed by atoms with van der Waals surface area (Å²) in [5, 5.41) is 0. The van der Waals surface area contributed by atoms with Gasteiger partial charge < -0.3 is 10.5 Å². The molecular formula is C10H20N2O. The first-order valence-corrected chi connectivity index (χ1v) is 5.10. The fourth-order valence-electron chi connectivity index (χ4n) is 1.79. The number of carbonyl (C=O) groups is 1. The molecule has 0 amide bonds. The van der Waals surface area contributed by atoms with E-state index in [0.29, 0.717) is 12.0 Å². The topological polar surface area (TPSA) is 46.3 Å². The van der Waals surface area contributed by atoms with Gasteiger partial charge in [-0.05, 0) is 32.2 Å². The molecule has 1 rings (SSSR count). The fourth-order valence-corrected chi connectivity index (χ4v) is 1.79. The van der Waals surface area contributed by atoms with Crippen LogP contribution in [0.2, 0.25) is 0 Å². The van der Waals surface area contributed by atoms with Crippen molar-refractivity contribution in [2.24, 2.45) is 11.7 Å². The van der Waals surface area contributed by atoms with E-state index in [1.54, 1.807) is 0 Å². The summed E-state index contributed by atoms with van der Waals surface area (Å²) in [5.74, 6) is 0.587. The van der Waals surface area contributed by atoms with Gasteiger partial charge in [0.2, 0.25) is 0 Å². The van der Waals surface area contributed by atoms with Crippen molar-refractivity contribution in [3.05, 3.63) is 0 Å². The molecule has 0 aromatic rings. The molecule has 0 aromatic heterocycles. The summed E-state index contributed by atoms with van der Waals surface area (Å²) < 4.78 is 0. The first kappa shape index (κ1) is 10.7. The number of rotatable bonds is 2. The lowest BCUT2D eigenvalue weighted by Crippen LogP contribution is -2.35. The monoisotopic (exact) mass is 184 g/mol. The van der Waals surface area contributed by atoms with E-state index >= 15 is 0 Å². The highest BCUT2D eigenvalue weighted by atomic mass is 16.1. The Labute approximate surface area is 80.3 Å². The Bertz CT molecular complexity index is 160. The standard InChI is InChI=1S/C10H20N2O/c1-8-3-5-12(9(2)7-13)6-4-10(8)11/h7-10H,3-6,11H2,1-2H3. The minimum Gasteiger partial charge on any atom is -0.327 e. The molecule has 0 aliphatic carbocycles. The second kappa shape index (κ2) is 4.72. The summed E-state index contributed by atoms with van der Waals surface area (Å²) in [7, 11) is 0. The zero-order valence-electron chi connectivity index (χ0n) is 8.57. The van der Waals surface area contributed by atoms with Gasteiger partial charge in [-0.2, -0.15) is 0 Å². The fraction of sp³-hybridized carbons (Fsp3) is 0.900. The second-order valence-electron chi connectivity index (χ2n) is 4.13. The highest BCUT2D eigenvalue weighted by molar-refractivity contribution is 5.56. The molecule has 76 valence electrons. The van der Waals surface area contributed by atoms with Crippen molar-refractivity contribution >= 4 is 6.29 Å². The van der Waals surface area contributed by atoms with E-state index in [9.17, 15) is 4.79 Å². The molecule has 3 nitrogen and oxygen atoms in total. The van der Waals surface area contributed by atoms with E-state index in [-0.39, 0.29) is 6.04 Å². The lowest BCUT2D eigenvalue weighted by atomic mass is 9.98. The summed E-state index contributed by atoms with van der Waals surface area (Å²) in [6.07, 6.45) is 3.14. The predicted octanol–water partition coefficient (Wildman–Crippen LogP) is 0.633. The molecule has 1 heterocycles. The van der Waals surface area contributed by atoms with Crippen LogP contribution in [0.1, 0.15) is 26.7 Å². The highest BCUT2D eigenvalue weighted by Gasteiger charge is 2.22. The van der Waals surface area contributed by atoms with Crippen molar-refractivity contribution in [1.82, 2.24) is 4.90 Å². The van der Waals surface area contributed by atoms with Gasteiger partial charge in [0.25, 0.3) is 0 Å². The minimum absolute atomic E-state index is 0.0532. The molecule has 3 unspecified atom stereocenters. The van der Waals surface area contributed by atoms with Crippen LogP contribution >= 0.6 is 0 Å². The maximum atomic E-state index is 10.6. The number of hydrogen-bond donors (Lipinski definition) is 1. The molecule has 13 heavy (non-hydrogen) atoms. The quantitative estimate of drug-likeness (QED) is 0.640. The molecule has 0 saturated carbocycles. The summed E-state index contributed by atoms with van der Waals surface area (Å²) in [6.45, 7) is 6.12. The van der Waals surface area contributed by atoms with Gasteiger partial charge in [0.15, 0.2) is 0 Å². The minimum atomic E-state index is 0.0532. The molecule has 0 aromatic carbocycles. The zero-order valence-corrected chi connectivity index (χ0v) is 8.57. The van der Waals surface area contributed by atoms with Gasteiger partial charge in [-0.3, -0.25) is 4.90 Å². The Morgan fingerprint density at radius 1 is 1.46 bits per heavy atom. The molecule has 0 bridgehead atoms. The van der Waals surface area contributed by atoms with Gasteiger partial charge in [-0.25, -0.2) is 0 Å². The third-order valence-electron chi connectivity index (χ3n) is 3.13. The Morgan fingerprint density at radius 3 is 2.69 bits per heavy atom. The number of carbonyl (C=O) groups excluding carboxylic acids is 1. The van der Waals surface area contributed by atoms with Crippen LogP contribution in [0.25, 0.3) is 0 Å². The first-order valence-electron chi connectivity index (χ1n) is 5.10. The maximum absolute atomic E-state index is 10.6. The van der Waals surface area contributed by atoms with Crippen molar-refractivity contribution in [2.75, 3.05) is 13.1 Å². The summed E-state index contributed by atoms with van der Waals surface area (Å²) in [4.78, 5) is 12.8. The lowest BCUT2D eigenvalue weighted by molar-refractivity contribution is -0.111. The van der Waals surface area contributed by atoms with Crippen LogP contribution in [0.5, 0.6) is 0 Å². The number of likely N-dealkylation sites (tertiary alicyclic amines) is 1. The molecule has 2 N–H and O–H groups in total.